The molecular formula is C18H24N2O4. The van der Waals surface area contributed by atoms with Crippen molar-refractivity contribution in [3.05, 3.63) is 42.5 Å². The van der Waals surface area contributed by atoms with Gasteiger partial charge in [0.15, 0.2) is 0 Å². The summed E-state index contributed by atoms with van der Waals surface area (Å²) in [5, 5.41) is 3.00. The number of rotatable bonds is 7. The first-order valence-corrected chi connectivity index (χ1v) is 7.95. The van der Waals surface area contributed by atoms with E-state index in [1.807, 2.05) is 31.2 Å². The van der Waals surface area contributed by atoms with Gasteiger partial charge in [0.05, 0.1) is 13.2 Å². The summed E-state index contributed by atoms with van der Waals surface area (Å²) >= 11 is 0. The minimum absolute atomic E-state index is 0.0194. The Morgan fingerprint density at radius 1 is 1.46 bits per heavy atom. The Morgan fingerprint density at radius 2 is 2.21 bits per heavy atom. The predicted molar refractivity (Wildman–Crippen MR) is 90.8 cm³/mol. The first-order chi connectivity index (χ1) is 11.5. The van der Waals surface area contributed by atoms with Crippen molar-refractivity contribution in [1.82, 2.24) is 10.2 Å². The first-order valence-electron chi connectivity index (χ1n) is 7.95. The molecule has 0 spiro atoms. The normalized spacial score (nSPS) is 18.9. The molecule has 130 valence electrons. The van der Waals surface area contributed by atoms with Gasteiger partial charge in [0, 0.05) is 20.1 Å². The zero-order chi connectivity index (χ0) is 17.6. The number of likely N-dealkylation sites (N-methyl/N-ethyl adjacent to an activating group) is 1. The maximum atomic E-state index is 12.4. The molecule has 1 atom stereocenters. The fraction of sp³-hybridized carbons (Fsp3) is 0.444. The molecule has 1 aliphatic heterocycles. The molecule has 1 heterocycles. The third kappa shape index (κ3) is 4.14. The van der Waals surface area contributed by atoms with E-state index >= 15 is 0 Å². The van der Waals surface area contributed by atoms with E-state index in [1.165, 1.54) is 11.0 Å². The molecule has 1 unspecified atom stereocenters. The van der Waals surface area contributed by atoms with Crippen molar-refractivity contribution in [2.24, 2.45) is 0 Å². The molecular weight excluding hydrogens is 308 g/mol. The van der Waals surface area contributed by atoms with E-state index in [0.717, 1.165) is 11.3 Å². The van der Waals surface area contributed by atoms with Crippen molar-refractivity contribution in [3.63, 3.8) is 0 Å². The van der Waals surface area contributed by atoms with Crippen molar-refractivity contribution in [2.75, 3.05) is 33.4 Å². The van der Waals surface area contributed by atoms with Crippen LogP contribution in [-0.2, 0) is 20.7 Å². The second-order valence-electron chi connectivity index (χ2n) is 5.89. The molecule has 0 aromatic heterocycles. The summed E-state index contributed by atoms with van der Waals surface area (Å²) in [6.45, 7) is 6.35. The minimum atomic E-state index is -0.642. The Morgan fingerprint density at radius 3 is 2.88 bits per heavy atom. The van der Waals surface area contributed by atoms with Crippen LogP contribution in [0.3, 0.4) is 0 Å². The number of fused-ring (bicyclic) bond motifs is 1. The topological polar surface area (TPSA) is 67.9 Å². The zero-order valence-electron chi connectivity index (χ0n) is 14.2. The lowest BCUT2D eigenvalue weighted by Gasteiger charge is -2.38. The minimum Gasteiger partial charge on any atom is -0.491 e. The number of benzene rings is 1. The van der Waals surface area contributed by atoms with E-state index < -0.39 is 5.54 Å². The van der Waals surface area contributed by atoms with Gasteiger partial charge in [-0.2, -0.15) is 0 Å². The van der Waals surface area contributed by atoms with Gasteiger partial charge < -0.3 is 19.7 Å². The summed E-state index contributed by atoms with van der Waals surface area (Å²) in [7, 11) is 1.59. The van der Waals surface area contributed by atoms with Gasteiger partial charge >= 0.3 is 0 Å². The maximum Gasteiger partial charge on any atom is 0.246 e. The summed E-state index contributed by atoms with van der Waals surface area (Å²) in [6, 6.07) is 7.75. The van der Waals surface area contributed by atoms with Crippen LogP contribution < -0.4 is 10.1 Å². The number of amides is 2. The molecule has 2 amide bonds. The fourth-order valence-corrected chi connectivity index (χ4v) is 2.89. The van der Waals surface area contributed by atoms with Gasteiger partial charge in [-0.05, 0) is 24.6 Å². The second kappa shape index (κ2) is 7.97. The molecule has 1 aromatic rings. The lowest BCUT2D eigenvalue weighted by molar-refractivity contribution is -0.133. The summed E-state index contributed by atoms with van der Waals surface area (Å²) in [6.07, 6.45) is 1.83. The summed E-state index contributed by atoms with van der Waals surface area (Å²) in [4.78, 5) is 25.6. The molecule has 0 saturated heterocycles. The van der Waals surface area contributed by atoms with Gasteiger partial charge in [0.25, 0.3) is 0 Å². The van der Waals surface area contributed by atoms with Crippen LogP contribution in [0.25, 0.3) is 0 Å². The zero-order valence-corrected chi connectivity index (χ0v) is 14.2. The van der Waals surface area contributed by atoms with E-state index in [-0.39, 0.29) is 18.4 Å². The van der Waals surface area contributed by atoms with Crippen LogP contribution in [0.4, 0.5) is 0 Å². The molecule has 1 aromatic carbocycles. The molecule has 0 saturated carbocycles. The predicted octanol–water partition coefficient (Wildman–Crippen LogP) is 1.16. The number of ether oxygens (including phenoxy) is 2. The molecule has 24 heavy (non-hydrogen) atoms. The number of methoxy groups -OCH3 is 1. The molecule has 2 rings (SSSR count). The highest BCUT2D eigenvalue weighted by Crippen LogP contribution is 2.29. The van der Waals surface area contributed by atoms with E-state index in [9.17, 15) is 9.59 Å². The number of carbonyl (C=O) groups excluding carboxylic acids is 2. The van der Waals surface area contributed by atoms with Crippen molar-refractivity contribution in [3.8, 4) is 5.75 Å². The second-order valence-corrected chi connectivity index (χ2v) is 5.89. The Hall–Kier alpha value is -2.34. The third-order valence-corrected chi connectivity index (χ3v) is 4.03. The quantitative estimate of drug-likeness (QED) is 0.761. The average molecular weight is 332 g/mol. The molecule has 6 heteroatoms. The van der Waals surface area contributed by atoms with Crippen molar-refractivity contribution in [2.45, 2.75) is 18.9 Å². The van der Waals surface area contributed by atoms with E-state index in [0.29, 0.717) is 26.2 Å². The molecule has 0 radical (unpaired) electrons. The van der Waals surface area contributed by atoms with E-state index in [4.69, 9.17) is 9.47 Å². The Balaban J connectivity index is 2.10. The third-order valence-electron chi connectivity index (χ3n) is 4.03. The van der Waals surface area contributed by atoms with Crippen molar-refractivity contribution in [1.29, 1.82) is 0 Å². The molecule has 6 nitrogen and oxygen atoms in total. The summed E-state index contributed by atoms with van der Waals surface area (Å²) < 4.78 is 11.1. The number of hydrogen-bond donors (Lipinski definition) is 1. The fourth-order valence-electron chi connectivity index (χ4n) is 2.89. The van der Waals surface area contributed by atoms with E-state index in [2.05, 4.69) is 11.9 Å². The standard InChI is InChI=1S/C18H24N2O4/c1-4-17(22)20(5-2)11-16(21)19-18(12-23-3)10-14-8-6-7-9-15(14)24-13-18/h4,6-9H,1,5,10-13H2,2-3H3,(H,19,21). The molecule has 0 bridgehead atoms. The lowest BCUT2D eigenvalue weighted by Crippen LogP contribution is -2.60. The van der Waals surface area contributed by atoms with Crippen LogP contribution in [0.2, 0.25) is 0 Å². The van der Waals surface area contributed by atoms with Crippen LogP contribution in [-0.4, -0.2) is 55.7 Å². The molecule has 0 aliphatic carbocycles. The smallest absolute Gasteiger partial charge is 0.246 e. The highest BCUT2D eigenvalue weighted by molar-refractivity contribution is 5.91. The van der Waals surface area contributed by atoms with Crippen molar-refractivity contribution < 1.29 is 19.1 Å². The van der Waals surface area contributed by atoms with Crippen molar-refractivity contribution >= 4 is 11.8 Å². The number of nitrogens with one attached hydrogen (secondary N) is 1. The van der Waals surface area contributed by atoms with Crippen LogP contribution in [0.1, 0.15) is 12.5 Å². The number of hydrogen-bond acceptors (Lipinski definition) is 4. The Kier molecular flexibility index (Phi) is 5.98. The molecule has 1 N–H and O–H groups in total. The number of carbonyl (C=O) groups is 2. The Bertz CT molecular complexity index is 617. The highest BCUT2D eigenvalue weighted by atomic mass is 16.5. The van der Waals surface area contributed by atoms with Crippen LogP contribution in [0.5, 0.6) is 5.75 Å². The number of nitrogens with zero attached hydrogens (tertiary/aromatic N) is 1. The van der Waals surface area contributed by atoms with Crippen LogP contribution >= 0.6 is 0 Å². The average Bonchev–Trinajstić information content (AvgIpc) is 2.59. The van der Waals surface area contributed by atoms with Crippen LogP contribution in [0.15, 0.2) is 36.9 Å². The van der Waals surface area contributed by atoms with Gasteiger partial charge in [0.2, 0.25) is 11.8 Å². The first kappa shape index (κ1) is 18.0. The van der Waals surface area contributed by atoms with Crippen LogP contribution in [0, 0.1) is 0 Å². The van der Waals surface area contributed by atoms with Gasteiger partial charge in [-0.25, -0.2) is 0 Å². The van der Waals surface area contributed by atoms with Gasteiger partial charge in [-0.3, -0.25) is 9.59 Å². The monoisotopic (exact) mass is 332 g/mol. The SMILES string of the molecule is C=CC(=O)N(CC)CC(=O)NC1(COC)COc2ccccc2C1. The molecule has 0 fully saturated rings. The lowest BCUT2D eigenvalue weighted by atomic mass is 9.89. The highest BCUT2D eigenvalue weighted by Gasteiger charge is 2.37. The maximum absolute atomic E-state index is 12.4. The largest absolute Gasteiger partial charge is 0.491 e. The summed E-state index contributed by atoms with van der Waals surface area (Å²) in [5.74, 6) is 0.321. The summed E-state index contributed by atoms with van der Waals surface area (Å²) in [5.41, 5.74) is 0.382. The van der Waals surface area contributed by atoms with Gasteiger partial charge in [0.1, 0.15) is 17.9 Å². The van der Waals surface area contributed by atoms with E-state index in [1.54, 1.807) is 7.11 Å². The van der Waals surface area contributed by atoms with Gasteiger partial charge in [-0.1, -0.05) is 24.8 Å². The number of para-hydroxylation sites is 1. The van der Waals surface area contributed by atoms with Gasteiger partial charge in [-0.15, -0.1) is 0 Å². The Labute approximate surface area is 142 Å². The molecule has 1 aliphatic rings.